The summed E-state index contributed by atoms with van der Waals surface area (Å²) in [5.41, 5.74) is 0.915. The molecule has 0 atom stereocenters. The van der Waals surface area contributed by atoms with Gasteiger partial charge in [0.05, 0.1) is 5.56 Å². The Balaban J connectivity index is 0.000000921. The van der Waals surface area contributed by atoms with Crippen molar-refractivity contribution in [1.82, 2.24) is 5.32 Å². The van der Waals surface area contributed by atoms with Crippen molar-refractivity contribution in [2.75, 3.05) is 6.54 Å². The molecule has 0 unspecified atom stereocenters. The Hall–Kier alpha value is -1.38. The number of amides is 1. The van der Waals surface area contributed by atoms with E-state index >= 15 is 0 Å². The van der Waals surface area contributed by atoms with Crippen molar-refractivity contribution in [2.24, 2.45) is 0 Å². The zero-order valence-electron chi connectivity index (χ0n) is 9.73. The molecule has 1 N–H and O–H groups in total. The molecule has 84 valence electrons. The molecule has 0 fully saturated rings. The molecule has 0 bridgehead atoms. The van der Waals surface area contributed by atoms with E-state index in [1.165, 1.54) is 12.1 Å². The van der Waals surface area contributed by atoms with E-state index in [0.29, 0.717) is 6.54 Å². The van der Waals surface area contributed by atoms with Crippen LogP contribution in [0, 0.1) is 12.7 Å². The summed E-state index contributed by atoms with van der Waals surface area (Å²) in [7, 11) is 0. The lowest BCUT2D eigenvalue weighted by atomic mass is 10.1. The molecule has 0 aliphatic heterocycles. The number of hydrogen-bond acceptors (Lipinski definition) is 1. The third-order valence-electron chi connectivity index (χ3n) is 1.71. The van der Waals surface area contributed by atoms with Crippen molar-refractivity contribution >= 4 is 5.91 Å². The zero-order valence-corrected chi connectivity index (χ0v) is 9.73. The first-order valence-corrected chi connectivity index (χ1v) is 5.19. The Bertz CT molecular complexity index is 323. The highest BCUT2D eigenvalue weighted by Gasteiger charge is 2.09. The van der Waals surface area contributed by atoms with Crippen molar-refractivity contribution in [1.29, 1.82) is 0 Å². The van der Waals surface area contributed by atoms with Crippen molar-refractivity contribution in [3.63, 3.8) is 0 Å². The first kappa shape index (κ1) is 13.6. The van der Waals surface area contributed by atoms with Gasteiger partial charge in [-0.3, -0.25) is 4.79 Å². The van der Waals surface area contributed by atoms with Gasteiger partial charge in [-0.2, -0.15) is 0 Å². The predicted molar refractivity (Wildman–Crippen MR) is 60.5 cm³/mol. The average molecular weight is 211 g/mol. The van der Waals surface area contributed by atoms with Crippen molar-refractivity contribution < 1.29 is 9.18 Å². The van der Waals surface area contributed by atoms with Crippen molar-refractivity contribution in [3.8, 4) is 0 Å². The van der Waals surface area contributed by atoms with E-state index in [1.54, 1.807) is 19.9 Å². The standard InChI is InChI=1S/C10H12FNO.C2H6/c1-3-12-10(13)8-5-4-7(2)6-9(8)11;1-2/h4-6H,3H2,1-2H3,(H,12,13);1-2H3. The number of hydrogen-bond donors (Lipinski definition) is 1. The normalized spacial score (nSPS) is 8.87. The number of aryl methyl sites for hydroxylation is 1. The fourth-order valence-corrected chi connectivity index (χ4v) is 1.06. The molecule has 0 aliphatic rings. The average Bonchev–Trinajstić information content (AvgIpc) is 2.21. The van der Waals surface area contributed by atoms with E-state index in [1.807, 2.05) is 13.8 Å². The van der Waals surface area contributed by atoms with Gasteiger partial charge in [0.1, 0.15) is 5.82 Å². The molecule has 0 saturated heterocycles. The Kier molecular flexibility index (Phi) is 6.34. The minimum absolute atomic E-state index is 0.104. The van der Waals surface area contributed by atoms with Crippen LogP contribution in [0.15, 0.2) is 18.2 Å². The number of carbonyl (C=O) groups excluding carboxylic acids is 1. The molecule has 0 radical (unpaired) electrons. The Labute approximate surface area is 90.5 Å². The zero-order chi connectivity index (χ0) is 11.8. The maximum Gasteiger partial charge on any atom is 0.254 e. The summed E-state index contributed by atoms with van der Waals surface area (Å²) in [5.74, 6) is -0.828. The SMILES string of the molecule is CC.CCNC(=O)c1ccc(C)cc1F. The molecular formula is C12H18FNO. The number of benzene rings is 1. The van der Waals surface area contributed by atoms with Crippen LogP contribution >= 0.6 is 0 Å². The van der Waals surface area contributed by atoms with Crippen molar-refractivity contribution in [2.45, 2.75) is 27.7 Å². The van der Waals surface area contributed by atoms with Crippen LogP contribution in [0.3, 0.4) is 0 Å². The summed E-state index contributed by atoms with van der Waals surface area (Å²) >= 11 is 0. The van der Waals surface area contributed by atoms with Gasteiger partial charge in [-0.25, -0.2) is 4.39 Å². The van der Waals surface area contributed by atoms with Gasteiger partial charge in [0.15, 0.2) is 0 Å². The molecule has 0 aromatic heterocycles. The Morgan fingerprint density at radius 2 is 2.00 bits per heavy atom. The predicted octanol–water partition coefficient (Wildman–Crippen LogP) is 2.91. The van der Waals surface area contributed by atoms with Crippen LogP contribution in [0.5, 0.6) is 0 Å². The Morgan fingerprint density at radius 1 is 1.40 bits per heavy atom. The van der Waals surface area contributed by atoms with E-state index in [9.17, 15) is 9.18 Å². The molecule has 1 amide bonds. The van der Waals surface area contributed by atoms with Gasteiger partial charge in [0.25, 0.3) is 5.91 Å². The quantitative estimate of drug-likeness (QED) is 0.800. The third-order valence-corrected chi connectivity index (χ3v) is 1.71. The monoisotopic (exact) mass is 211 g/mol. The van der Waals surface area contributed by atoms with Gasteiger partial charge in [0, 0.05) is 6.54 Å². The second kappa shape index (κ2) is 6.98. The van der Waals surface area contributed by atoms with Crippen LogP contribution in [0.25, 0.3) is 0 Å². The molecule has 0 spiro atoms. The second-order valence-corrected chi connectivity index (χ2v) is 2.84. The number of halogens is 1. The largest absolute Gasteiger partial charge is 0.352 e. The summed E-state index contributed by atoms with van der Waals surface area (Å²) in [6, 6.07) is 4.56. The van der Waals surface area contributed by atoms with E-state index in [-0.39, 0.29) is 11.5 Å². The summed E-state index contributed by atoms with van der Waals surface area (Å²) in [4.78, 5) is 11.2. The maximum absolute atomic E-state index is 13.2. The molecule has 1 aromatic carbocycles. The molecular weight excluding hydrogens is 193 g/mol. The van der Waals surface area contributed by atoms with Gasteiger partial charge in [0.2, 0.25) is 0 Å². The molecule has 0 heterocycles. The van der Waals surface area contributed by atoms with Gasteiger partial charge >= 0.3 is 0 Å². The van der Waals surface area contributed by atoms with Crippen LogP contribution in [-0.2, 0) is 0 Å². The first-order chi connectivity index (χ1) is 7.15. The molecule has 3 heteroatoms. The molecule has 1 aromatic rings. The second-order valence-electron chi connectivity index (χ2n) is 2.84. The van der Waals surface area contributed by atoms with Gasteiger partial charge in [-0.15, -0.1) is 0 Å². The highest BCUT2D eigenvalue weighted by atomic mass is 19.1. The molecule has 1 rings (SSSR count). The van der Waals surface area contributed by atoms with Gasteiger partial charge < -0.3 is 5.32 Å². The van der Waals surface area contributed by atoms with Crippen LogP contribution in [0.4, 0.5) is 4.39 Å². The van der Waals surface area contributed by atoms with E-state index in [0.717, 1.165) is 5.56 Å². The minimum Gasteiger partial charge on any atom is -0.352 e. The fraction of sp³-hybridized carbons (Fsp3) is 0.417. The summed E-state index contributed by atoms with van der Waals surface area (Å²) < 4.78 is 13.2. The fourth-order valence-electron chi connectivity index (χ4n) is 1.06. The highest BCUT2D eigenvalue weighted by molar-refractivity contribution is 5.94. The molecule has 15 heavy (non-hydrogen) atoms. The van der Waals surface area contributed by atoms with E-state index in [2.05, 4.69) is 5.32 Å². The lowest BCUT2D eigenvalue weighted by Crippen LogP contribution is -2.23. The van der Waals surface area contributed by atoms with Gasteiger partial charge in [-0.05, 0) is 31.5 Å². The lowest BCUT2D eigenvalue weighted by Gasteiger charge is -2.03. The summed E-state index contributed by atoms with van der Waals surface area (Å²) in [5, 5.41) is 2.54. The van der Waals surface area contributed by atoms with Crippen LogP contribution < -0.4 is 5.32 Å². The van der Waals surface area contributed by atoms with Crippen molar-refractivity contribution in [3.05, 3.63) is 35.1 Å². The molecule has 0 aliphatic carbocycles. The number of rotatable bonds is 2. The third kappa shape index (κ3) is 4.11. The first-order valence-electron chi connectivity index (χ1n) is 5.19. The van der Waals surface area contributed by atoms with E-state index < -0.39 is 5.82 Å². The molecule has 0 saturated carbocycles. The van der Waals surface area contributed by atoms with Crippen LogP contribution in [0.2, 0.25) is 0 Å². The Morgan fingerprint density at radius 3 is 2.47 bits per heavy atom. The number of nitrogens with one attached hydrogen (secondary N) is 1. The topological polar surface area (TPSA) is 29.1 Å². The summed E-state index contributed by atoms with van der Waals surface area (Å²) in [6.45, 7) is 8.08. The maximum atomic E-state index is 13.2. The lowest BCUT2D eigenvalue weighted by molar-refractivity contribution is 0.0952. The van der Waals surface area contributed by atoms with Gasteiger partial charge in [-0.1, -0.05) is 19.9 Å². The minimum atomic E-state index is -0.467. The smallest absolute Gasteiger partial charge is 0.254 e. The molecule has 2 nitrogen and oxygen atoms in total. The van der Waals surface area contributed by atoms with E-state index in [4.69, 9.17) is 0 Å². The van der Waals surface area contributed by atoms with Crippen LogP contribution in [0.1, 0.15) is 36.7 Å². The highest BCUT2D eigenvalue weighted by Crippen LogP contribution is 2.09. The number of carbonyl (C=O) groups is 1. The summed E-state index contributed by atoms with van der Waals surface area (Å²) in [6.07, 6.45) is 0. The van der Waals surface area contributed by atoms with Crippen LogP contribution in [-0.4, -0.2) is 12.5 Å².